The number of nitrogens with one attached hydrogen (secondary N) is 1. The summed E-state index contributed by atoms with van der Waals surface area (Å²) >= 11 is 0. The number of benzene rings is 1. The highest BCUT2D eigenvalue weighted by atomic mass is 16.5. The lowest BCUT2D eigenvalue weighted by Gasteiger charge is -2.12. The monoisotopic (exact) mass is 243 g/mol. The zero-order valence-electron chi connectivity index (χ0n) is 11.1. The zero-order valence-corrected chi connectivity index (χ0v) is 11.1. The lowest BCUT2D eigenvalue weighted by Crippen LogP contribution is -2.00. The Bertz CT molecular complexity index is 547. The van der Waals surface area contributed by atoms with E-state index in [1.807, 2.05) is 45.0 Å². The first-order valence-corrected chi connectivity index (χ1v) is 5.82. The van der Waals surface area contributed by atoms with Crippen molar-refractivity contribution in [2.45, 2.75) is 20.8 Å². The first-order valence-electron chi connectivity index (χ1n) is 5.82. The third-order valence-corrected chi connectivity index (χ3v) is 2.58. The summed E-state index contributed by atoms with van der Waals surface area (Å²) in [6.07, 6.45) is 0. The Hall–Kier alpha value is -2.10. The van der Waals surface area contributed by atoms with Crippen LogP contribution in [0.5, 0.6) is 5.75 Å². The third kappa shape index (κ3) is 2.77. The Morgan fingerprint density at radius 1 is 1.06 bits per heavy atom. The predicted molar refractivity (Wildman–Crippen MR) is 72.5 cm³/mol. The van der Waals surface area contributed by atoms with Crippen LogP contribution in [0.1, 0.15) is 17.1 Å². The van der Waals surface area contributed by atoms with E-state index in [9.17, 15) is 0 Å². The van der Waals surface area contributed by atoms with Gasteiger partial charge in [0, 0.05) is 11.8 Å². The van der Waals surface area contributed by atoms with Crippen LogP contribution in [0, 0.1) is 20.8 Å². The van der Waals surface area contributed by atoms with Crippen LogP contribution in [0.25, 0.3) is 0 Å². The van der Waals surface area contributed by atoms with Gasteiger partial charge in [0.2, 0.25) is 0 Å². The average Bonchev–Trinajstić information content (AvgIpc) is 2.27. The van der Waals surface area contributed by atoms with Crippen LogP contribution >= 0.6 is 0 Å². The molecular weight excluding hydrogens is 226 g/mol. The molecule has 0 bridgehead atoms. The summed E-state index contributed by atoms with van der Waals surface area (Å²) in [6, 6.07) is 7.90. The Morgan fingerprint density at radius 3 is 2.50 bits per heavy atom. The largest absolute Gasteiger partial charge is 0.495 e. The number of aromatic nitrogens is 2. The number of anilines is 2. The number of methoxy groups -OCH3 is 1. The molecule has 0 aliphatic carbocycles. The van der Waals surface area contributed by atoms with E-state index in [1.165, 1.54) is 5.56 Å². The average molecular weight is 243 g/mol. The van der Waals surface area contributed by atoms with Crippen molar-refractivity contribution in [2.24, 2.45) is 0 Å². The van der Waals surface area contributed by atoms with Gasteiger partial charge < -0.3 is 10.1 Å². The first kappa shape index (κ1) is 12.4. The Balaban J connectivity index is 2.35. The standard InChI is InChI=1S/C14H17N3O/c1-9-5-6-13(18-4)12(7-9)17-14-8-10(2)15-11(3)16-14/h5-8H,1-4H3,(H,15,16,17). The summed E-state index contributed by atoms with van der Waals surface area (Å²) in [7, 11) is 1.66. The SMILES string of the molecule is COc1ccc(C)cc1Nc1cc(C)nc(C)n1. The second-order valence-electron chi connectivity index (χ2n) is 4.27. The van der Waals surface area contributed by atoms with E-state index in [0.717, 1.165) is 28.8 Å². The molecule has 18 heavy (non-hydrogen) atoms. The molecule has 4 nitrogen and oxygen atoms in total. The smallest absolute Gasteiger partial charge is 0.142 e. The molecule has 0 amide bonds. The Morgan fingerprint density at radius 2 is 1.83 bits per heavy atom. The van der Waals surface area contributed by atoms with E-state index in [1.54, 1.807) is 7.11 Å². The fraction of sp³-hybridized carbons (Fsp3) is 0.286. The molecule has 1 aromatic heterocycles. The fourth-order valence-electron chi connectivity index (χ4n) is 1.84. The summed E-state index contributed by atoms with van der Waals surface area (Å²) in [5, 5.41) is 3.27. The lowest BCUT2D eigenvalue weighted by molar-refractivity contribution is 0.416. The Kier molecular flexibility index (Phi) is 3.46. The van der Waals surface area contributed by atoms with Gasteiger partial charge in [-0.3, -0.25) is 0 Å². The number of ether oxygens (including phenoxy) is 1. The summed E-state index contributed by atoms with van der Waals surface area (Å²) < 4.78 is 5.33. The van der Waals surface area contributed by atoms with Gasteiger partial charge in [0.15, 0.2) is 0 Å². The fourth-order valence-corrected chi connectivity index (χ4v) is 1.84. The molecule has 0 saturated carbocycles. The van der Waals surface area contributed by atoms with Crippen LogP contribution < -0.4 is 10.1 Å². The first-order chi connectivity index (χ1) is 8.58. The van der Waals surface area contributed by atoms with E-state index < -0.39 is 0 Å². The summed E-state index contributed by atoms with van der Waals surface area (Å²) in [5.74, 6) is 2.34. The van der Waals surface area contributed by atoms with Crippen molar-refractivity contribution in [1.82, 2.24) is 9.97 Å². The van der Waals surface area contributed by atoms with Gasteiger partial charge in [0.05, 0.1) is 12.8 Å². The molecule has 0 spiro atoms. The number of aryl methyl sites for hydroxylation is 3. The van der Waals surface area contributed by atoms with Crippen LogP contribution in [0.2, 0.25) is 0 Å². The van der Waals surface area contributed by atoms with Crippen molar-refractivity contribution in [3.8, 4) is 5.75 Å². The molecular formula is C14H17N3O. The molecule has 1 heterocycles. The molecule has 4 heteroatoms. The van der Waals surface area contributed by atoms with Crippen LogP contribution in [0.3, 0.4) is 0 Å². The maximum atomic E-state index is 5.33. The van der Waals surface area contributed by atoms with E-state index in [2.05, 4.69) is 15.3 Å². The van der Waals surface area contributed by atoms with Crippen LogP contribution in [0.4, 0.5) is 11.5 Å². The van der Waals surface area contributed by atoms with Crippen LogP contribution in [0.15, 0.2) is 24.3 Å². The van der Waals surface area contributed by atoms with Gasteiger partial charge in [0.25, 0.3) is 0 Å². The van der Waals surface area contributed by atoms with Gasteiger partial charge in [-0.1, -0.05) is 6.07 Å². The van der Waals surface area contributed by atoms with Gasteiger partial charge in [-0.2, -0.15) is 0 Å². The molecule has 0 fully saturated rings. The van der Waals surface area contributed by atoms with Crippen molar-refractivity contribution >= 4 is 11.5 Å². The Labute approximate surface area is 107 Å². The quantitative estimate of drug-likeness (QED) is 0.899. The van der Waals surface area contributed by atoms with Gasteiger partial charge in [-0.15, -0.1) is 0 Å². The van der Waals surface area contributed by atoms with Gasteiger partial charge in [0.1, 0.15) is 17.4 Å². The molecule has 94 valence electrons. The highest BCUT2D eigenvalue weighted by Gasteiger charge is 2.05. The molecule has 0 radical (unpaired) electrons. The van der Waals surface area contributed by atoms with Crippen molar-refractivity contribution in [1.29, 1.82) is 0 Å². The van der Waals surface area contributed by atoms with Gasteiger partial charge in [-0.05, 0) is 38.5 Å². The minimum Gasteiger partial charge on any atom is -0.495 e. The number of rotatable bonds is 3. The van der Waals surface area contributed by atoms with Crippen molar-refractivity contribution in [3.05, 3.63) is 41.3 Å². The lowest BCUT2D eigenvalue weighted by atomic mass is 10.2. The van der Waals surface area contributed by atoms with Crippen molar-refractivity contribution in [3.63, 3.8) is 0 Å². The molecule has 0 atom stereocenters. The second kappa shape index (κ2) is 5.04. The highest BCUT2D eigenvalue weighted by Crippen LogP contribution is 2.27. The van der Waals surface area contributed by atoms with E-state index in [0.29, 0.717) is 0 Å². The predicted octanol–water partition coefficient (Wildman–Crippen LogP) is 3.15. The van der Waals surface area contributed by atoms with E-state index in [-0.39, 0.29) is 0 Å². The second-order valence-corrected chi connectivity index (χ2v) is 4.27. The van der Waals surface area contributed by atoms with E-state index >= 15 is 0 Å². The van der Waals surface area contributed by atoms with Crippen molar-refractivity contribution < 1.29 is 4.74 Å². The van der Waals surface area contributed by atoms with Crippen molar-refractivity contribution in [2.75, 3.05) is 12.4 Å². The summed E-state index contributed by atoms with van der Waals surface area (Å²) in [5.41, 5.74) is 3.02. The maximum Gasteiger partial charge on any atom is 0.142 e. The molecule has 1 aromatic carbocycles. The molecule has 0 saturated heterocycles. The van der Waals surface area contributed by atoms with Gasteiger partial charge >= 0.3 is 0 Å². The minimum atomic E-state index is 0.754. The molecule has 2 aromatic rings. The van der Waals surface area contributed by atoms with Crippen LogP contribution in [-0.2, 0) is 0 Å². The number of hydrogen-bond acceptors (Lipinski definition) is 4. The zero-order chi connectivity index (χ0) is 13.1. The van der Waals surface area contributed by atoms with Gasteiger partial charge in [-0.25, -0.2) is 9.97 Å². The third-order valence-electron chi connectivity index (χ3n) is 2.58. The minimum absolute atomic E-state index is 0.754. The van der Waals surface area contributed by atoms with Crippen LogP contribution in [-0.4, -0.2) is 17.1 Å². The molecule has 0 aliphatic rings. The molecule has 0 aliphatic heterocycles. The summed E-state index contributed by atoms with van der Waals surface area (Å²) in [6.45, 7) is 5.88. The molecule has 1 N–H and O–H groups in total. The summed E-state index contributed by atoms with van der Waals surface area (Å²) in [4.78, 5) is 8.61. The topological polar surface area (TPSA) is 47.0 Å². The molecule has 0 unspecified atom stereocenters. The maximum absolute atomic E-state index is 5.33. The number of nitrogens with zero attached hydrogens (tertiary/aromatic N) is 2. The van der Waals surface area contributed by atoms with E-state index in [4.69, 9.17) is 4.74 Å². The molecule has 2 rings (SSSR count). The number of hydrogen-bond donors (Lipinski definition) is 1. The highest BCUT2D eigenvalue weighted by molar-refractivity contribution is 5.65. The normalized spacial score (nSPS) is 10.2.